The summed E-state index contributed by atoms with van der Waals surface area (Å²) in [5.74, 6) is 0.737. The molecule has 2 N–H and O–H groups in total. The molecule has 19 heavy (non-hydrogen) atoms. The lowest BCUT2D eigenvalue weighted by Gasteiger charge is -2.20. The molecular weight excluding hydrogens is 258 g/mol. The van der Waals surface area contributed by atoms with Crippen molar-refractivity contribution in [3.8, 4) is 11.5 Å². The summed E-state index contributed by atoms with van der Waals surface area (Å²) < 4.78 is 5.16. The maximum Gasteiger partial charge on any atom is 0.160 e. The number of aromatic hydroxyl groups is 1. The zero-order chi connectivity index (χ0) is 13.8. The number of hydrogen-bond acceptors (Lipinski definition) is 4. The predicted molar refractivity (Wildman–Crippen MR) is 81.2 cm³/mol. The van der Waals surface area contributed by atoms with Crippen molar-refractivity contribution in [3.05, 3.63) is 23.8 Å². The van der Waals surface area contributed by atoms with Crippen LogP contribution < -0.4 is 10.1 Å². The van der Waals surface area contributed by atoms with Crippen molar-refractivity contribution in [3.63, 3.8) is 0 Å². The molecule has 0 spiro atoms. The van der Waals surface area contributed by atoms with Crippen LogP contribution in [-0.2, 0) is 0 Å². The van der Waals surface area contributed by atoms with Crippen LogP contribution in [0.4, 0.5) is 0 Å². The van der Waals surface area contributed by atoms with Gasteiger partial charge in [0.25, 0.3) is 0 Å². The van der Waals surface area contributed by atoms with Crippen LogP contribution in [0.2, 0.25) is 0 Å². The van der Waals surface area contributed by atoms with E-state index < -0.39 is 0 Å². The summed E-state index contributed by atoms with van der Waals surface area (Å²) in [6.07, 6.45) is 6.01. The average molecular weight is 281 g/mol. The standard InChI is InChI=1S/C15H23NO2S/c1-10(16-12-5-6-13(9-12)19-3)11-4-7-14(17)15(8-11)18-2/h4,7-8,10,12-13,16-17H,5-6,9H2,1-3H3. The molecule has 4 heteroatoms. The van der Waals surface area contributed by atoms with Gasteiger partial charge in [0.15, 0.2) is 11.5 Å². The van der Waals surface area contributed by atoms with Crippen molar-refractivity contribution in [2.45, 2.75) is 43.5 Å². The van der Waals surface area contributed by atoms with Crippen LogP contribution in [0, 0.1) is 0 Å². The number of hydrogen-bond donors (Lipinski definition) is 2. The lowest BCUT2D eigenvalue weighted by molar-refractivity contribution is 0.371. The van der Waals surface area contributed by atoms with Crippen LogP contribution >= 0.6 is 11.8 Å². The zero-order valence-electron chi connectivity index (χ0n) is 11.8. The number of nitrogens with one attached hydrogen (secondary N) is 1. The molecule has 1 fully saturated rings. The molecule has 1 aliphatic rings. The van der Waals surface area contributed by atoms with Gasteiger partial charge in [-0.1, -0.05) is 6.07 Å². The summed E-state index contributed by atoms with van der Waals surface area (Å²) in [4.78, 5) is 0. The Morgan fingerprint density at radius 1 is 1.42 bits per heavy atom. The number of phenols is 1. The second kappa shape index (κ2) is 6.53. The van der Waals surface area contributed by atoms with E-state index in [-0.39, 0.29) is 11.8 Å². The van der Waals surface area contributed by atoms with E-state index >= 15 is 0 Å². The molecule has 1 saturated carbocycles. The van der Waals surface area contributed by atoms with E-state index in [1.807, 2.05) is 23.9 Å². The Kier molecular flexibility index (Phi) is 4.99. The highest BCUT2D eigenvalue weighted by atomic mass is 32.2. The van der Waals surface area contributed by atoms with Crippen LogP contribution in [0.15, 0.2) is 18.2 Å². The van der Waals surface area contributed by atoms with Gasteiger partial charge >= 0.3 is 0 Å². The SMILES string of the molecule is COc1cc(C(C)NC2CCC(SC)C2)ccc1O. The van der Waals surface area contributed by atoms with Crippen molar-refractivity contribution in [2.24, 2.45) is 0 Å². The minimum Gasteiger partial charge on any atom is -0.504 e. The summed E-state index contributed by atoms with van der Waals surface area (Å²) in [6.45, 7) is 2.16. The van der Waals surface area contributed by atoms with Gasteiger partial charge in [-0.2, -0.15) is 11.8 Å². The maximum atomic E-state index is 9.62. The van der Waals surface area contributed by atoms with Crippen LogP contribution in [0.25, 0.3) is 0 Å². The summed E-state index contributed by atoms with van der Waals surface area (Å²) >= 11 is 1.97. The molecule has 3 nitrogen and oxygen atoms in total. The highest BCUT2D eigenvalue weighted by molar-refractivity contribution is 7.99. The first-order valence-electron chi connectivity index (χ1n) is 6.79. The van der Waals surface area contributed by atoms with Crippen LogP contribution in [0.3, 0.4) is 0 Å². The van der Waals surface area contributed by atoms with Crippen molar-refractivity contribution in [1.82, 2.24) is 5.32 Å². The summed E-state index contributed by atoms with van der Waals surface area (Å²) in [7, 11) is 1.58. The second-order valence-electron chi connectivity index (χ2n) is 5.19. The van der Waals surface area contributed by atoms with E-state index in [2.05, 4.69) is 18.5 Å². The van der Waals surface area contributed by atoms with Crippen LogP contribution in [0.5, 0.6) is 11.5 Å². The first-order valence-corrected chi connectivity index (χ1v) is 8.08. The molecule has 0 aromatic heterocycles. The van der Waals surface area contributed by atoms with E-state index in [9.17, 15) is 5.11 Å². The van der Waals surface area contributed by atoms with Gasteiger partial charge in [-0.05, 0) is 50.1 Å². The van der Waals surface area contributed by atoms with E-state index in [1.165, 1.54) is 19.3 Å². The number of ether oxygens (including phenoxy) is 1. The van der Waals surface area contributed by atoms with Gasteiger partial charge in [-0.15, -0.1) is 0 Å². The molecule has 0 saturated heterocycles. The lowest BCUT2D eigenvalue weighted by Crippen LogP contribution is -2.29. The lowest BCUT2D eigenvalue weighted by atomic mass is 10.1. The number of rotatable bonds is 5. The first-order chi connectivity index (χ1) is 9.13. The molecule has 0 heterocycles. The molecule has 0 radical (unpaired) electrons. The highest BCUT2D eigenvalue weighted by Crippen LogP contribution is 2.32. The van der Waals surface area contributed by atoms with Gasteiger partial charge in [0.1, 0.15) is 0 Å². The van der Waals surface area contributed by atoms with Crippen molar-refractivity contribution in [2.75, 3.05) is 13.4 Å². The maximum absolute atomic E-state index is 9.62. The molecule has 106 valence electrons. The van der Waals surface area contributed by atoms with Gasteiger partial charge in [0, 0.05) is 17.3 Å². The fraction of sp³-hybridized carbons (Fsp3) is 0.600. The Morgan fingerprint density at radius 3 is 2.84 bits per heavy atom. The molecule has 3 unspecified atom stereocenters. The van der Waals surface area contributed by atoms with Gasteiger partial charge in [0.2, 0.25) is 0 Å². The highest BCUT2D eigenvalue weighted by Gasteiger charge is 2.25. The van der Waals surface area contributed by atoms with Crippen molar-refractivity contribution < 1.29 is 9.84 Å². The number of benzene rings is 1. The van der Waals surface area contributed by atoms with Crippen molar-refractivity contribution >= 4 is 11.8 Å². The quantitative estimate of drug-likeness (QED) is 0.868. The van der Waals surface area contributed by atoms with Gasteiger partial charge < -0.3 is 15.2 Å². The molecule has 2 rings (SSSR count). The molecular formula is C15H23NO2S. The van der Waals surface area contributed by atoms with Crippen LogP contribution in [0.1, 0.15) is 37.8 Å². The fourth-order valence-corrected chi connectivity index (χ4v) is 3.52. The fourth-order valence-electron chi connectivity index (χ4n) is 2.72. The average Bonchev–Trinajstić information content (AvgIpc) is 2.86. The molecule has 1 aliphatic carbocycles. The Bertz CT molecular complexity index is 425. The van der Waals surface area contributed by atoms with Gasteiger partial charge in [0.05, 0.1) is 7.11 Å². The normalized spacial score (nSPS) is 24.4. The Balaban J connectivity index is 1.98. The first kappa shape index (κ1) is 14.5. The summed E-state index contributed by atoms with van der Waals surface area (Å²) in [5.41, 5.74) is 1.15. The molecule has 0 amide bonds. The van der Waals surface area contributed by atoms with Crippen LogP contribution in [-0.4, -0.2) is 29.8 Å². The number of thioether (sulfide) groups is 1. The Morgan fingerprint density at radius 2 is 2.21 bits per heavy atom. The molecule has 1 aromatic carbocycles. The summed E-state index contributed by atoms with van der Waals surface area (Å²) in [6, 6.07) is 6.45. The van der Waals surface area contributed by atoms with E-state index in [4.69, 9.17) is 4.74 Å². The van der Waals surface area contributed by atoms with Gasteiger partial charge in [-0.25, -0.2) is 0 Å². The third-order valence-corrected chi connectivity index (χ3v) is 5.00. The van der Waals surface area contributed by atoms with Crippen molar-refractivity contribution in [1.29, 1.82) is 0 Å². The minimum absolute atomic E-state index is 0.196. The topological polar surface area (TPSA) is 41.5 Å². The molecule has 3 atom stereocenters. The third-order valence-electron chi connectivity index (χ3n) is 3.91. The Hall–Kier alpha value is -0.870. The zero-order valence-corrected chi connectivity index (χ0v) is 12.7. The number of phenolic OH excluding ortho intramolecular Hbond substituents is 1. The predicted octanol–water partition coefficient (Wildman–Crippen LogP) is 3.34. The van der Waals surface area contributed by atoms with Gasteiger partial charge in [-0.3, -0.25) is 0 Å². The smallest absolute Gasteiger partial charge is 0.160 e. The van der Waals surface area contributed by atoms with E-state index in [0.717, 1.165) is 10.8 Å². The second-order valence-corrected chi connectivity index (χ2v) is 6.33. The minimum atomic E-state index is 0.196. The Labute approximate surface area is 119 Å². The largest absolute Gasteiger partial charge is 0.504 e. The van der Waals surface area contributed by atoms with E-state index in [0.29, 0.717) is 11.8 Å². The third kappa shape index (κ3) is 3.57. The molecule has 0 bridgehead atoms. The number of methoxy groups -OCH3 is 1. The molecule has 0 aliphatic heterocycles. The monoisotopic (exact) mass is 281 g/mol. The molecule has 1 aromatic rings. The van der Waals surface area contributed by atoms with E-state index in [1.54, 1.807) is 13.2 Å². The summed E-state index contributed by atoms with van der Waals surface area (Å²) in [5, 5.41) is 14.1.